The summed E-state index contributed by atoms with van der Waals surface area (Å²) in [5, 5.41) is 5.71. The van der Waals surface area contributed by atoms with Gasteiger partial charge in [0, 0.05) is 12.5 Å². The highest BCUT2D eigenvalue weighted by molar-refractivity contribution is 5.94. The number of carbonyl (C=O) groups excluding carboxylic acids is 4. The Balaban J connectivity index is 2.03. The molecule has 1 fully saturated rings. The molecule has 0 bridgehead atoms. The zero-order valence-corrected chi connectivity index (χ0v) is 27.6. The van der Waals surface area contributed by atoms with Crippen LogP contribution < -0.4 is 10.6 Å². The fraction of sp³-hybridized carbons (Fsp3) is 0.543. The number of nitrogens with one attached hydrogen (secondary N) is 2. The van der Waals surface area contributed by atoms with Crippen LogP contribution in [0.1, 0.15) is 91.0 Å². The quantitative estimate of drug-likeness (QED) is 0.320. The number of ether oxygens (including phenoxy) is 2. The van der Waals surface area contributed by atoms with Gasteiger partial charge in [0.05, 0.1) is 0 Å². The van der Waals surface area contributed by atoms with E-state index in [0.29, 0.717) is 5.56 Å². The van der Waals surface area contributed by atoms with Crippen molar-refractivity contribution in [3.8, 4) is 0 Å². The molecule has 1 saturated carbocycles. The van der Waals surface area contributed by atoms with Crippen LogP contribution in [-0.4, -0.2) is 58.1 Å². The summed E-state index contributed by atoms with van der Waals surface area (Å²) >= 11 is 0. The number of benzene rings is 2. The minimum Gasteiger partial charge on any atom is -0.458 e. The summed E-state index contributed by atoms with van der Waals surface area (Å²) in [5.74, 6) is -1.72. The van der Waals surface area contributed by atoms with Gasteiger partial charge in [-0.1, -0.05) is 68.4 Å². The van der Waals surface area contributed by atoms with E-state index in [4.69, 9.17) is 9.47 Å². The Hall–Kier alpha value is -3.88. The molecule has 44 heavy (non-hydrogen) atoms. The van der Waals surface area contributed by atoms with Gasteiger partial charge in [-0.15, -0.1) is 0 Å². The maximum Gasteiger partial charge on any atom is 0.408 e. The molecule has 9 heteroatoms. The molecule has 0 aliphatic heterocycles. The van der Waals surface area contributed by atoms with Gasteiger partial charge in [0.25, 0.3) is 0 Å². The van der Waals surface area contributed by atoms with Gasteiger partial charge in [-0.2, -0.15) is 0 Å². The lowest BCUT2D eigenvalue weighted by Gasteiger charge is -2.37. The second-order valence-corrected chi connectivity index (χ2v) is 13.9. The Labute approximate surface area is 262 Å². The molecular formula is C35H49N3O6. The maximum absolute atomic E-state index is 14.4. The Morgan fingerprint density at radius 1 is 0.841 bits per heavy atom. The Morgan fingerprint density at radius 2 is 1.41 bits per heavy atom. The third kappa shape index (κ3) is 10.1. The normalized spacial score (nSPS) is 15.5. The predicted octanol–water partition coefficient (Wildman–Crippen LogP) is 5.65. The monoisotopic (exact) mass is 607 g/mol. The molecule has 2 aromatic carbocycles. The van der Waals surface area contributed by atoms with Gasteiger partial charge in [-0.25, -0.2) is 9.59 Å². The number of aryl methyl sites for hydroxylation is 1. The van der Waals surface area contributed by atoms with Crippen LogP contribution in [0.3, 0.4) is 0 Å². The summed E-state index contributed by atoms with van der Waals surface area (Å²) in [7, 11) is 0. The van der Waals surface area contributed by atoms with Crippen LogP contribution in [0.15, 0.2) is 54.6 Å². The summed E-state index contributed by atoms with van der Waals surface area (Å²) in [5.41, 5.74) is 0.814. The number of rotatable bonds is 11. The van der Waals surface area contributed by atoms with Gasteiger partial charge in [-0.3, -0.25) is 9.59 Å². The van der Waals surface area contributed by atoms with E-state index in [1.807, 2.05) is 75.4 Å². The molecule has 1 aliphatic carbocycles. The van der Waals surface area contributed by atoms with Crippen molar-refractivity contribution in [2.24, 2.45) is 5.92 Å². The largest absolute Gasteiger partial charge is 0.458 e. The number of hydrogen-bond donors (Lipinski definition) is 2. The molecule has 2 N–H and O–H groups in total. The highest BCUT2D eigenvalue weighted by Gasteiger charge is 2.46. The summed E-state index contributed by atoms with van der Waals surface area (Å²) in [4.78, 5) is 56.6. The topological polar surface area (TPSA) is 114 Å². The van der Waals surface area contributed by atoms with Crippen LogP contribution in [0.25, 0.3) is 0 Å². The first kappa shape index (κ1) is 34.6. The SMILES string of the molecule is Cc1ccccc1C(C(=O)NC(Cc1ccccc1)C(=O)OC(C)(C)C)N(C(=O)C(NC(=O)OC(C)(C)C)C(C)C)C1CC1. The number of alkyl carbamates (subject to hydrolysis) is 1. The van der Waals surface area contributed by atoms with Crippen molar-refractivity contribution in [2.75, 3.05) is 0 Å². The van der Waals surface area contributed by atoms with Crippen LogP contribution in [-0.2, 0) is 30.3 Å². The van der Waals surface area contributed by atoms with Crippen LogP contribution >= 0.6 is 0 Å². The molecule has 0 saturated heterocycles. The lowest BCUT2D eigenvalue weighted by molar-refractivity contribution is -0.159. The predicted molar refractivity (Wildman–Crippen MR) is 170 cm³/mol. The average molecular weight is 608 g/mol. The van der Waals surface area contributed by atoms with Crippen LogP contribution in [0, 0.1) is 12.8 Å². The van der Waals surface area contributed by atoms with Crippen molar-refractivity contribution in [3.63, 3.8) is 0 Å². The van der Waals surface area contributed by atoms with Gasteiger partial charge in [0.2, 0.25) is 11.8 Å². The van der Waals surface area contributed by atoms with Gasteiger partial charge in [0.1, 0.15) is 29.3 Å². The molecule has 9 nitrogen and oxygen atoms in total. The van der Waals surface area contributed by atoms with Crippen LogP contribution in [0.5, 0.6) is 0 Å². The van der Waals surface area contributed by atoms with E-state index in [-0.39, 0.29) is 24.3 Å². The molecule has 0 radical (unpaired) electrons. The maximum atomic E-state index is 14.4. The van der Waals surface area contributed by atoms with Crippen LogP contribution in [0.2, 0.25) is 0 Å². The van der Waals surface area contributed by atoms with Gasteiger partial charge in [0.15, 0.2) is 0 Å². The average Bonchev–Trinajstić information content (AvgIpc) is 3.74. The molecule has 0 heterocycles. The molecule has 0 aromatic heterocycles. The zero-order chi connectivity index (χ0) is 32.8. The second-order valence-electron chi connectivity index (χ2n) is 13.9. The minimum absolute atomic E-state index is 0.200. The van der Waals surface area contributed by atoms with Gasteiger partial charge >= 0.3 is 12.1 Å². The summed E-state index contributed by atoms with van der Waals surface area (Å²) < 4.78 is 11.2. The van der Waals surface area contributed by atoms with Crippen LogP contribution in [0.4, 0.5) is 4.79 Å². The zero-order valence-electron chi connectivity index (χ0n) is 27.6. The number of hydrogen-bond acceptors (Lipinski definition) is 6. The summed E-state index contributed by atoms with van der Waals surface area (Å²) in [6.07, 6.45) is 0.954. The second kappa shape index (κ2) is 14.3. The third-order valence-electron chi connectivity index (χ3n) is 7.10. The van der Waals surface area contributed by atoms with E-state index in [9.17, 15) is 19.2 Å². The highest BCUT2D eigenvalue weighted by atomic mass is 16.6. The van der Waals surface area contributed by atoms with E-state index < -0.39 is 47.3 Å². The molecule has 2 aromatic rings. The fourth-order valence-corrected chi connectivity index (χ4v) is 4.96. The Morgan fingerprint density at radius 3 is 1.93 bits per heavy atom. The van der Waals surface area contributed by atoms with Gasteiger partial charge < -0.3 is 25.0 Å². The van der Waals surface area contributed by atoms with E-state index >= 15 is 0 Å². The summed E-state index contributed by atoms with van der Waals surface area (Å²) in [6.45, 7) is 16.2. The van der Waals surface area contributed by atoms with Gasteiger partial charge in [-0.05, 0) is 83.9 Å². The van der Waals surface area contributed by atoms with Crippen molar-refractivity contribution in [1.29, 1.82) is 0 Å². The molecular weight excluding hydrogens is 558 g/mol. The number of carbonyl (C=O) groups is 4. The van der Waals surface area contributed by atoms with Crippen molar-refractivity contribution in [3.05, 3.63) is 71.3 Å². The molecule has 0 spiro atoms. The summed E-state index contributed by atoms with van der Waals surface area (Å²) in [6, 6.07) is 13.6. The smallest absolute Gasteiger partial charge is 0.408 e. The van der Waals surface area contributed by atoms with Crippen molar-refractivity contribution < 1.29 is 28.7 Å². The molecule has 3 rings (SSSR count). The third-order valence-corrected chi connectivity index (χ3v) is 7.10. The van der Waals surface area contributed by atoms with Crippen molar-refractivity contribution in [1.82, 2.24) is 15.5 Å². The van der Waals surface area contributed by atoms with E-state index in [1.165, 1.54) is 0 Å². The van der Waals surface area contributed by atoms with E-state index in [0.717, 1.165) is 24.0 Å². The molecule has 1 aliphatic rings. The minimum atomic E-state index is -1.04. The lowest BCUT2D eigenvalue weighted by Crippen LogP contribution is -2.57. The number of esters is 1. The Kier molecular flexibility index (Phi) is 11.2. The molecule has 240 valence electrons. The first-order chi connectivity index (χ1) is 20.5. The molecule has 3 unspecified atom stereocenters. The first-order valence-electron chi connectivity index (χ1n) is 15.4. The van der Waals surface area contributed by atoms with Crippen molar-refractivity contribution >= 4 is 23.9 Å². The van der Waals surface area contributed by atoms with Crippen molar-refractivity contribution in [2.45, 2.75) is 117 Å². The molecule has 3 atom stereocenters. The number of nitrogens with zero attached hydrogens (tertiary/aromatic N) is 1. The van der Waals surface area contributed by atoms with E-state index in [1.54, 1.807) is 46.4 Å². The highest BCUT2D eigenvalue weighted by Crippen LogP contribution is 2.37. The first-order valence-corrected chi connectivity index (χ1v) is 15.4. The molecule has 3 amide bonds. The number of amides is 3. The lowest BCUT2D eigenvalue weighted by atomic mass is 9.95. The standard InChI is InChI=1S/C35H49N3O6/c1-22(2)28(37-33(42)44-35(7,8)9)31(40)38(25-19-20-25)29(26-18-14-13-15-23(26)3)30(39)36-27(32(41)43-34(4,5)6)21-24-16-11-10-12-17-24/h10-18,22,25,27-29H,19-21H2,1-9H3,(H,36,39)(H,37,42). The Bertz CT molecular complexity index is 1310. The fourth-order valence-electron chi connectivity index (χ4n) is 4.96. The van der Waals surface area contributed by atoms with E-state index in [2.05, 4.69) is 10.6 Å².